The number of aryl methyl sites for hydroxylation is 1. The maximum Gasteiger partial charge on any atom is 0.324 e. The number of pyridine rings is 1. The fraction of sp³-hybridized carbons (Fsp3) is 0.429. The molecule has 44 heavy (non-hydrogen) atoms. The van der Waals surface area contributed by atoms with Gasteiger partial charge in [-0.2, -0.15) is 9.58 Å². The molecule has 1 aliphatic heterocycles. The number of aromatic nitrogens is 1. The van der Waals surface area contributed by atoms with Crippen molar-refractivity contribution >= 4 is 46.5 Å². The van der Waals surface area contributed by atoms with Crippen LogP contribution in [-0.4, -0.2) is 23.8 Å². The number of halogens is 2. The fourth-order valence-corrected chi connectivity index (χ4v) is 5.86. The quantitative estimate of drug-likeness (QED) is 0.230. The van der Waals surface area contributed by atoms with Gasteiger partial charge in [-0.1, -0.05) is 89.9 Å². The van der Waals surface area contributed by atoms with E-state index in [9.17, 15) is 9.59 Å². The Morgan fingerprint density at radius 2 is 1.61 bits per heavy atom. The summed E-state index contributed by atoms with van der Waals surface area (Å²) >= 11 is 13.1. The third kappa shape index (κ3) is 6.79. The predicted octanol–water partition coefficient (Wildman–Crippen LogP) is 7.84. The van der Waals surface area contributed by atoms with Crippen LogP contribution in [0.3, 0.4) is 0 Å². The van der Waals surface area contributed by atoms with E-state index in [0.29, 0.717) is 12.2 Å². The SMILES string of the molecule is CCC(Oc1ccc(C(C)(C)CC)cc1C(C)(C)CC)C(=O)NC1=NN(c2c(Cl)cc(C)cc2Cl)C(=O)C1[n+]1ccccc1. The first-order valence-corrected chi connectivity index (χ1v) is 16.0. The molecule has 1 N–H and O–H groups in total. The van der Waals surface area contributed by atoms with E-state index in [2.05, 4.69) is 64.1 Å². The molecule has 0 saturated heterocycles. The molecule has 3 aromatic rings. The van der Waals surface area contributed by atoms with Crippen LogP contribution in [0, 0.1) is 6.92 Å². The lowest BCUT2D eigenvalue weighted by Gasteiger charge is -2.31. The number of ether oxygens (including phenoxy) is 1. The van der Waals surface area contributed by atoms with Crippen molar-refractivity contribution in [1.29, 1.82) is 0 Å². The lowest BCUT2D eigenvalue weighted by molar-refractivity contribution is -0.693. The number of nitrogens with one attached hydrogen (secondary N) is 1. The molecule has 234 valence electrons. The minimum Gasteiger partial charge on any atom is -0.480 e. The van der Waals surface area contributed by atoms with E-state index in [1.807, 2.05) is 26.0 Å². The molecule has 7 nitrogen and oxygen atoms in total. The van der Waals surface area contributed by atoms with Crippen molar-refractivity contribution in [1.82, 2.24) is 5.32 Å². The van der Waals surface area contributed by atoms with E-state index in [-0.39, 0.29) is 32.4 Å². The maximum atomic E-state index is 13.8. The maximum absolute atomic E-state index is 13.8. The Labute approximate surface area is 271 Å². The number of hydrazone groups is 1. The van der Waals surface area contributed by atoms with Gasteiger partial charge >= 0.3 is 5.91 Å². The molecule has 0 fully saturated rings. The van der Waals surface area contributed by atoms with Crippen molar-refractivity contribution in [2.45, 2.75) is 97.6 Å². The monoisotopic (exact) mass is 637 g/mol. The molecule has 2 aromatic carbocycles. The summed E-state index contributed by atoms with van der Waals surface area (Å²) in [4.78, 5) is 27.7. The molecule has 4 rings (SSSR count). The summed E-state index contributed by atoms with van der Waals surface area (Å²) in [5.74, 6) is 0.0221. The first-order valence-electron chi connectivity index (χ1n) is 15.2. The summed E-state index contributed by atoms with van der Waals surface area (Å²) in [6.45, 7) is 16.9. The van der Waals surface area contributed by atoms with Crippen molar-refractivity contribution in [3.05, 3.63) is 87.7 Å². The Kier molecular flexibility index (Phi) is 10.1. The molecule has 2 atom stereocenters. The number of rotatable bonds is 10. The first-order chi connectivity index (χ1) is 20.7. The molecule has 1 aromatic heterocycles. The molecule has 2 amide bonds. The third-order valence-electron chi connectivity index (χ3n) is 8.76. The summed E-state index contributed by atoms with van der Waals surface area (Å²) in [6.07, 6.45) is 4.97. The molecule has 9 heteroatoms. The highest BCUT2D eigenvalue weighted by molar-refractivity contribution is 6.40. The number of hydrogen-bond donors (Lipinski definition) is 1. The zero-order valence-corrected chi connectivity index (χ0v) is 28.4. The second kappa shape index (κ2) is 13.3. The van der Waals surface area contributed by atoms with Crippen molar-refractivity contribution in [2.24, 2.45) is 5.10 Å². The van der Waals surface area contributed by atoms with E-state index in [0.717, 1.165) is 24.0 Å². The van der Waals surface area contributed by atoms with Crippen LogP contribution < -0.4 is 19.6 Å². The molecular weight excluding hydrogens is 595 g/mol. The second-order valence-electron chi connectivity index (χ2n) is 12.6. The van der Waals surface area contributed by atoms with Gasteiger partial charge in [0.15, 0.2) is 18.5 Å². The van der Waals surface area contributed by atoms with Crippen LogP contribution in [0.4, 0.5) is 5.69 Å². The number of amides is 2. The fourth-order valence-electron chi connectivity index (χ4n) is 5.10. The average Bonchev–Trinajstić information content (AvgIpc) is 3.30. The summed E-state index contributed by atoms with van der Waals surface area (Å²) in [5.41, 5.74) is 3.24. The number of carbonyl (C=O) groups excluding carboxylic acids is 2. The Balaban J connectivity index is 1.70. The lowest BCUT2D eigenvalue weighted by Crippen LogP contribution is -2.53. The summed E-state index contributed by atoms with van der Waals surface area (Å²) in [7, 11) is 0. The Hall–Kier alpha value is -3.42. The van der Waals surface area contributed by atoms with Crippen LogP contribution in [0.15, 0.2) is 66.0 Å². The topological polar surface area (TPSA) is 74.9 Å². The van der Waals surface area contributed by atoms with E-state index < -0.39 is 24.0 Å². The molecule has 0 bridgehead atoms. The van der Waals surface area contributed by atoms with Crippen LogP contribution in [0.2, 0.25) is 10.0 Å². The van der Waals surface area contributed by atoms with Crippen LogP contribution in [0.5, 0.6) is 5.75 Å². The van der Waals surface area contributed by atoms with Gasteiger partial charge in [0.1, 0.15) is 11.4 Å². The van der Waals surface area contributed by atoms with Crippen LogP contribution in [0.1, 0.15) is 90.5 Å². The molecule has 2 unspecified atom stereocenters. The number of nitrogens with zero attached hydrogens (tertiary/aromatic N) is 3. The highest BCUT2D eigenvalue weighted by Crippen LogP contribution is 2.40. The van der Waals surface area contributed by atoms with Crippen LogP contribution >= 0.6 is 23.2 Å². The van der Waals surface area contributed by atoms with Gasteiger partial charge in [0, 0.05) is 17.7 Å². The molecule has 0 radical (unpaired) electrons. The minimum atomic E-state index is -0.934. The van der Waals surface area contributed by atoms with Gasteiger partial charge < -0.3 is 10.1 Å². The van der Waals surface area contributed by atoms with E-state index in [1.165, 1.54) is 10.6 Å². The molecule has 0 saturated carbocycles. The van der Waals surface area contributed by atoms with Crippen LogP contribution in [-0.2, 0) is 20.4 Å². The number of anilines is 1. The number of carbonyl (C=O) groups is 2. The standard InChI is InChI=1S/C35H42Cl2N4O3/c1-9-27(44-28-16-15-23(34(5,6)10-2)21-24(28)35(7,8)11-3)32(42)38-31-30(40-17-13-12-14-18-40)33(43)41(39-31)29-25(36)19-22(4)20-26(29)37/h12-21,27,30H,9-11H2,1-8H3/p+1. The van der Waals surface area contributed by atoms with E-state index in [1.54, 1.807) is 41.2 Å². The van der Waals surface area contributed by atoms with Gasteiger partial charge in [0.2, 0.25) is 5.84 Å². The average molecular weight is 639 g/mol. The van der Waals surface area contributed by atoms with E-state index >= 15 is 0 Å². The van der Waals surface area contributed by atoms with Crippen molar-refractivity contribution in [2.75, 3.05) is 5.01 Å². The van der Waals surface area contributed by atoms with Gasteiger partial charge in [0.05, 0.1) is 10.0 Å². The zero-order valence-electron chi connectivity index (χ0n) is 26.9. The summed E-state index contributed by atoms with van der Waals surface area (Å²) < 4.78 is 8.16. The highest BCUT2D eigenvalue weighted by Gasteiger charge is 2.46. The summed E-state index contributed by atoms with van der Waals surface area (Å²) in [6, 6.07) is 14.3. The highest BCUT2D eigenvalue weighted by atomic mass is 35.5. The zero-order chi connectivity index (χ0) is 32.4. The molecule has 2 heterocycles. The van der Waals surface area contributed by atoms with Gasteiger partial charge in [0.25, 0.3) is 11.9 Å². The number of amidine groups is 1. The van der Waals surface area contributed by atoms with Crippen molar-refractivity contribution < 1.29 is 18.9 Å². The summed E-state index contributed by atoms with van der Waals surface area (Å²) in [5, 5.41) is 9.20. The predicted molar refractivity (Wildman–Crippen MR) is 178 cm³/mol. The Morgan fingerprint density at radius 3 is 2.18 bits per heavy atom. The largest absolute Gasteiger partial charge is 0.480 e. The van der Waals surface area contributed by atoms with Gasteiger partial charge in [-0.05, 0) is 66.3 Å². The van der Waals surface area contributed by atoms with Gasteiger partial charge in [-0.25, -0.2) is 0 Å². The van der Waals surface area contributed by atoms with Gasteiger partial charge in [-0.3, -0.25) is 9.59 Å². The lowest BCUT2D eigenvalue weighted by atomic mass is 9.76. The minimum absolute atomic E-state index is 0.00498. The van der Waals surface area contributed by atoms with Crippen LogP contribution in [0.25, 0.3) is 0 Å². The number of hydrogen-bond acceptors (Lipinski definition) is 4. The third-order valence-corrected chi connectivity index (χ3v) is 9.34. The second-order valence-corrected chi connectivity index (χ2v) is 13.4. The van der Waals surface area contributed by atoms with Gasteiger partial charge in [-0.15, -0.1) is 5.10 Å². The van der Waals surface area contributed by atoms with E-state index in [4.69, 9.17) is 27.9 Å². The van der Waals surface area contributed by atoms with Crippen molar-refractivity contribution in [3.63, 3.8) is 0 Å². The van der Waals surface area contributed by atoms with Crippen molar-refractivity contribution in [3.8, 4) is 5.75 Å². The number of benzene rings is 2. The molecular formula is C35H43Cl2N4O3+. The molecule has 0 aliphatic carbocycles. The molecule has 0 spiro atoms. The smallest absolute Gasteiger partial charge is 0.324 e. The Bertz CT molecular complexity index is 1550. The normalized spacial score (nSPS) is 16.1. The Morgan fingerprint density at radius 1 is 1.00 bits per heavy atom. The first kappa shape index (κ1) is 33.5. The molecule has 1 aliphatic rings.